The summed E-state index contributed by atoms with van der Waals surface area (Å²) in [6, 6.07) is 4.09. The van der Waals surface area contributed by atoms with Crippen molar-refractivity contribution >= 4 is 24.0 Å². The molecule has 190 valence electrons. The number of aryl methyl sites for hydroxylation is 1. The van der Waals surface area contributed by atoms with Crippen molar-refractivity contribution < 1.29 is 28.9 Å². The van der Waals surface area contributed by atoms with Gasteiger partial charge in [0.15, 0.2) is 6.29 Å². The van der Waals surface area contributed by atoms with E-state index in [0.29, 0.717) is 50.7 Å². The molecule has 2 aromatic heterocycles. The maximum absolute atomic E-state index is 15.0. The number of pyridine rings is 1. The van der Waals surface area contributed by atoms with Crippen LogP contribution in [0.5, 0.6) is 0 Å². The Bertz CT molecular complexity index is 1380. The van der Waals surface area contributed by atoms with E-state index in [9.17, 15) is 24.6 Å². The van der Waals surface area contributed by atoms with Gasteiger partial charge in [0.05, 0.1) is 30.6 Å². The van der Waals surface area contributed by atoms with E-state index >= 15 is 4.39 Å². The van der Waals surface area contributed by atoms with Gasteiger partial charge >= 0.3 is 0 Å². The van der Waals surface area contributed by atoms with Crippen molar-refractivity contribution in [3.05, 3.63) is 67.9 Å². The highest BCUT2D eigenvalue weighted by molar-refractivity contribution is 7.99. The van der Waals surface area contributed by atoms with Gasteiger partial charge in [0.2, 0.25) is 5.91 Å². The number of carbonyl (C=O) groups excluding carboxylic acids is 2. The third-order valence-corrected chi connectivity index (χ3v) is 7.50. The summed E-state index contributed by atoms with van der Waals surface area (Å²) in [5.74, 6) is -0.645. The van der Waals surface area contributed by atoms with Gasteiger partial charge in [-0.2, -0.15) is 0 Å². The zero-order valence-electron chi connectivity index (χ0n) is 20.0. The summed E-state index contributed by atoms with van der Waals surface area (Å²) in [5.41, 5.74) is 2.58. The minimum atomic E-state index is -1.54. The fourth-order valence-electron chi connectivity index (χ4n) is 4.47. The van der Waals surface area contributed by atoms with Crippen LogP contribution in [-0.2, 0) is 27.5 Å². The second-order valence-electron chi connectivity index (χ2n) is 8.62. The smallest absolute Gasteiger partial charge is 0.257 e. The van der Waals surface area contributed by atoms with Gasteiger partial charge in [0.25, 0.3) is 5.56 Å². The summed E-state index contributed by atoms with van der Waals surface area (Å²) >= 11 is 1.38. The number of aliphatic hydroxyl groups is 2. The SMILES string of the molecule is COCc1c(C(O)C=O)cc2n(c1=O)Cc1c3cc(c(C)c(F)cc(C)nc1-2)SCC3NC(=O)CO. The molecule has 0 aliphatic carbocycles. The number of methoxy groups -OCH3 is 1. The number of aliphatic hydroxyl groups excluding tert-OH is 2. The normalized spacial score (nSPS) is 16.0. The molecule has 0 saturated heterocycles. The highest BCUT2D eigenvalue weighted by atomic mass is 32.2. The van der Waals surface area contributed by atoms with Crippen LogP contribution in [0.2, 0.25) is 0 Å². The Balaban J connectivity index is 2.09. The third-order valence-electron chi connectivity index (χ3n) is 6.26. The summed E-state index contributed by atoms with van der Waals surface area (Å²) in [5, 5.41) is 22.4. The first-order valence-corrected chi connectivity index (χ1v) is 12.2. The first-order chi connectivity index (χ1) is 17.2. The molecule has 2 unspecified atom stereocenters. The highest BCUT2D eigenvalue weighted by Crippen LogP contribution is 2.40. The lowest BCUT2D eigenvalue weighted by molar-refractivity contribution is -0.124. The van der Waals surface area contributed by atoms with Gasteiger partial charge in [-0.25, -0.2) is 4.39 Å². The molecule has 1 amide bonds. The molecule has 2 atom stereocenters. The van der Waals surface area contributed by atoms with Crippen molar-refractivity contribution in [2.45, 2.75) is 44.0 Å². The van der Waals surface area contributed by atoms with E-state index in [1.807, 2.05) is 0 Å². The molecule has 3 N–H and O–H groups in total. The molecular formula is C25H26FN3O6S. The van der Waals surface area contributed by atoms with Crippen molar-refractivity contribution in [3.63, 3.8) is 0 Å². The van der Waals surface area contributed by atoms with Crippen molar-refractivity contribution in [1.29, 1.82) is 0 Å². The van der Waals surface area contributed by atoms with E-state index in [1.54, 1.807) is 19.9 Å². The van der Waals surface area contributed by atoms with Crippen molar-refractivity contribution in [2.24, 2.45) is 0 Å². The largest absolute Gasteiger partial charge is 0.387 e. The van der Waals surface area contributed by atoms with Crippen LogP contribution in [0.3, 0.4) is 0 Å². The third kappa shape index (κ3) is 4.66. The number of aromatic nitrogens is 2. The fraction of sp³-hybridized carbons (Fsp3) is 0.360. The van der Waals surface area contributed by atoms with Crippen LogP contribution in [0, 0.1) is 19.7 Å². The second kappa shape index (κ2) is 10.5. The molecule has 9 nitrogen and oxygen atoms in total. The van der Waals surface area contributed by atoms with Gasteiger partial charge in [-0.15, -0.1) is 11.8 Å². The van der Waals surface area contributed by atoms with Crippen LogP contribution in [-0.4, -0.2) is 51.4 Å². The molecule has 4 rings (SSSR count). The number of aldehydes is 1. The topological polar surface area (TPSA) is 131 Å². The van der Waals surface area contributed by atoms with Crippen LogP contribution >= 0.6 is 11.8 Å². The zero-order chi connectivity index (χ0) is 26.1. The summed E-state index contributed by atoms with van der Waals surface area (Å²) in [6.45, 7) is 2.60. The first kappa shape index (κ1) is 26.0. The molecule has 36 heavy (non-hydrogen) atoms. The van der Waals surface area contributed by atoms with E-state index in [2.05, 4.69) is 10.3 Å². The lowest BCUT2D eigenvalue weighted by Crippen LogP contribution is -2.33. The fourth-order valence-corrected chi connectivity index (χ4v) is 5.60. The van der Waals surface area contributed by atoms with E-state index in [-0.39, 0.29) is 24.3 Å². The number of halogens is 1. The second-order valence-corrected chi connectivity index (χ2v) is 9.68. The molecule has 4 heterocycles. The Labute approximate surface area is 210 Å². The number of hydrogen-bond acceptors (Lipinski definition) is 8. The minimum Gasteiger partial charge on any atom is -0.387 e. The Hall–Kier alpha value is -3.12. The van der Waals surface area contributed by atoms with Gasteiger partial charge < -0.3 is 29.6 Å². The lowest BCUT2D eigenvalue weighted by atomic mass is 9.99. The van der Waals surface area contributed by atoms with Gasteiger partial charge in [0.1, 0.15) is 18.5 Å². The number of fused-ring (bicyclic) bond motifs is 6. The van der Waals surface area contributed by atoms with Crippen LogP contribution in [0.1, 0.15) is 45.7 Å². The summed E-state index contributed by atoms with van der Waals surface area (Å²) in [7, 11) is 1.41. The van der Waals surface area contributed by atoms with E-state index < -0.39 is 36.0 Å². The number of carbonyl (C=O) groups is 2. The molecule has 0 fully saturated rings. The minimum absolute atomic E-state index is 0.106. The van der Waals surface area contributed by atoms with E-state index in [0.717, 1.165) is 0 Å². The van der Waals surface area contributed by atoms with Crippen LogP contribution < -0.4 is 10.9 Å². The molecule has 11 heteroatoms. The molecule has 0 radical (unpaired) electrons. The number of nitrogens with one attached hydrogen (secondary N) is 1. The lowest BCUT2D eigenvalue weighted by Gasteiger charge is -2.25. The first-order valence-electron chi connectivity index (χ1n) is 11.2. The van der Waals surface area contributed by atoms with Gasteiger partial charge in [-0.1, -0.05) is 0 Å². The standard InChI is InChI=1S/C25H26FN3O6S/c1-12-4-18(26)13(2)22-6-14(19(11-36-22)28-23(33)9-31)16-7-29-20(24(16)27-12)5-15(21(32)8-30)17(10-35-3)25(29)34/h4-6,8,19,21,31-32H,7,9-11H2,1-3H3,(H,28,33). The number of nitrogens with zero attached hydrogens (tertiary/aromatic N) is 2. The molecular weight excluding hydrogens is 489 g/mol. The Morgan fingerprint density at radius 2 is 2.14 bits per heavy atom. The Morgan fingerprint density at radius 1 is 1.39 bits per heavy atom. The Morgan fingerprint density at radius 3 is 2.81 bits per heavy atom. The van der Waals surface area contributed by atoms with Crippen molar-refractivity contribution in [3.8, 4) is 11.4 Å². The molecule has 2 aromatic rings. The maximum atomic E-state index is 15.0. The highest BCUT2D eigenvalue weighted by Gasteiger charge is 2.31. The van der Waals surface area contributed by atoms with E-state index in [1.165, 1.54) is 35.6 Å². The van der Waals surface area contributed by atoms with E-state index in [4.69, 9.17) is 4.74 Å². The molecule has 0 aromatic carbocycles. The zero-order valence-corrected chi connectivity index (χ0v) is 20.8. The molecule has 0 spiro atoms. The maximum Gasteiger partial charge on any atom is 0.257 e. The predicted molar refractivity (Wildman–Crippen MR) is 131 cm³/mol. The average molecular weight is 516 g/mol. The number of hydrogen-bond donors (Lipinski definition) is 3. The number of rotatable bonds is 6. The van der Waals surface area contributed by atoms with Gasteiger partial charge in [0, 0.05) is 40.1 Å². The van der Waals surface area contributed by atoms with Crippen LogP contribution in [0.25, 0.3) is 11.4 Å². The summed E-state index contributed by atoms with van der Waals surface area (Å²) in [4.78, 5) is 42.3. The summed E-state index contributed by atoms with van der Waals surface area (Å²) in [6.07, 6.45) is -1.21. The number of amides is 1. The van der Waals surface area contributed by atoms with Crippen molar-refractivity contribution in [2.75, 3.05) is 19.5 Å². The van der Waals surface area contributed by atoms with Gasteiger partial charge in [-0.3, -0.25) is 14.6 Å². The average Bonchev–Trinajstić information content (AvgIpc) is 3.22. The van der Waals surface area contributed by atoms with Crippen molar-refractivity contribution in [1.82, 2.24) is 14.9 Å². The number of ether oxygens (including phenoxy) is 1. The molecule has 2 aliphatic rings. The molecule has 0 saturated carbocycles. The van der Waals surface area contributed by atoms with Crippen LogP contribution in [0.4, 0.5) is 4.39 Å². The molecule has 2 bridgehead atoms. The van der Waals surface area contributed by atoms with Gasteiger partial charge in [-0.05, 0) is 43.2 Å². The van der Waals surface area contributed by atoms with Crippen LogP contribution in [0.15, 0.2) is 27.9 Å². The predicted octanol–water partition coefficient (Wildman–Crippen LogP) is 1.79. The Kier molecular flexibility index (Phi) is 7.55. The quantitative estimate of drug-likeness (QED) is 0.424. The molecule has 2 aliphatic heterocycles. The monoisotopic (exact) mass is 515 g/mol. The number of thioether (sulfide) groups is 1. The summed E-state index contributed by atoms with van der Waals surface area (Å²) < 4.78 is 21.6.